The van der Waals surface area contributed by atoms with Crippen LogP contribution in [0.15, 0.2) is 0 Å². The van der Waals surface area contributed by atoms with Crippen LogP contribution in [0.2, 0.25) is 5.15 Å². The molecule has 106 valence electrons. The van der Waals surface area contributed by atoms with Crippen molar-refractivity contribution in [3.8, 4) is 0 Å². The summed E-state index contributed by atoms with van der Waals surface area (Å²) in [5, 5.41) is 0.566. The van der Waals surface area contributed by atoms with E-state index >= 15 is 0 Å². The molecule has 1 saturated heterocycles. The third-order valence-electron chi connectivity index (χ3n) is 3.63. The maximum Gasteiger partial charge on any atom is 0.137 e. The zero-order valence-electron chi connectivity index (χ0n) is 12.1. The van der Waals surface area contributed by atoms with E-state index in [1.807, 2.05) is 13.8 Å². The molecule has 2 rings (SSSR count). The molecule has 0 aromatic carbocycles. The van der Waals surface area contributed by atoms with E-state index in [1.54, 1.807) is 0 Å². The van der Waals surface area contributed by atoms with Crippen molar-refractivity contribution < 1.29 is 4.74 Å². The Bertz CT molecular complexity index is 453. The molecule has 0 bridgehead atoms. The van der Waals surface area contributed by atoms with Crippen molar-refractivity contribution in [2.45, 2.75) is 52.7 Å². The van der Waals surface area contributed by atoms with E-state index < -0.39 is 0 Å². The van der Waals surface area contributed by atoms with Crippen molar-refractivity contribution in [2.75, 3.05) is 18.1 Å². The van der Waals surface area contributed by atoms with Crippen LogP contribution in [0.5, 0.6) is 0 Å². The van der Waals surface area contributed by atoms with Crippen LogP contribution in [0.1, 0.15) is 38.6 Å². The molecule has 0 radical (unpaired) electrons. The highest BCUT2D eigenvalue weighted by Crippen LogP contribution is 2.28. The van der Waals surface area contributed by atoms with E-state index in [9.17, 15) is 0 Å². The summed E-state index contributed by atoms with van der Waals surface area (Å²) in [5.41, 5.74) is 0.964. The van der Waals surface area contributed by atoms with Gasteiger partial charge >= 0.3 is 0 Å². The third-order valence-corrected chi connectivity index (χ3v) is 4.00. The lowest BCUT2D eigenvalue weighted by Crippen LogP contribution is -2.49. The Balaban J connectivity index is 2.40. The molecular formula is C14H22ClN3O. The van der Waals surface area contributed by atoms with Crippen LogP contribution >= 0.6 is 11.6 Å². The summed E-state index contributed by atoms with van der Waals surface area (Å²) >= 11 is 6.24. The molecule has 0 saturated carbocycles. The molecule has 1 aliphatic rings. The Morgan fingerprint density at radius 2 is 2.11 bits per heavy atom. The molecule has 1 fully saturated rings. The standard InChI is InChI=1S/C14H22ClN3O/c1-5-11-8-19-9(3)7-18(11)14-10(4)13(15)16-12(6-2)17-14/h9,11H,5-8H2,1-4H3. The first kappa shape index (κ1) is 14.5. The van der Waals surface area contributed by atoms with Crippen LogP contribution in [0, 0.1) is 6.92 Å². The van der Waals surface area contributed by atoms with Gasteiger partial charge in [0.2, 0.25) is 0 Å². The smallest absolute Gasteiger partial charge is 0.137 e. The van der Waals surface area contributed by atoms with Gasteiger partial charge in [0.25, 0.3) is 0 Å². The van der Waals surface area contributed by atoms with Gasteiger partial charge in [0.05, 0.1) is 18.8 Å². The zero-order valence-corrected chi connectivity index (χ0v) is 12.9. The van der Waals surface area contributed by atoms with Gasteiger partial charge in [-0.15, -0.1) is 0 Å². The van der Waals surface area contributed by atoms with Crippen molar-refractivity contribution in [3.63, 3.8) is 0 Å². The summed E-state index contributed by atoms with van der Waals surface area (Å²) in [5.74, 6) is 1.78. The second kappa shape index (κ2) is 6.06. The van der Waals surface area contributed by atoms with Crippen LogP contribution in [-0.2, 0) is 11.2 Å². The minimum absolute atomic E-state index is 0.223. The summed E-state index contributed by atoms with van der Waals surface area (Å²) in [4.78, 5) is 11.3. The van der Waals surface area contributed by atoms with Crippen molar-refractivity contribution in [2.24, 2.45) is 0 Å². The normalized spacial score (nSPS) is 23.7. The summed E-state index contributed by atoms with van der Waals surface area (Å²) in [6.45, 7) is 9.91. The molecule has 0 N–H and O–H groups in total. The fourth-order valence-corrected chi connectivity index (χ4v) is 2.58. The summed E-state index contributed by atoms with van der Waals surface area (Å²) in [6, 6.07) is 0.366. The SMILES string of the molecule is CCc1nc(Cl)c(C)c(N2CC(C)OCC2CC)n1. The monoisotopic (exact) mass is 283 g/mol. The summed E-state index contributed by atoms with van der Waals surface area (Å²) in [7, 11) is 0. The Hall–Kier alpha value is -0.870. The van der Waals surface area contributed by atoms with Gasteiger partial charge in [-0.05, 0) is 20.3 Å². The van der Waals surface area contributed by atoms with Crippen LogP contribution in [-0.4, -0.2) is 35.3 Å². The zero-order chi connectivity index (χ0) is 14.0. The fourth-order valence-electron chi connectivity index (χ4n) is 2.40. The lowest BCUT2D eigenvalue weighted by molar-refractivity contribution is 0.0295. The highest BCUT2D eigenvalue weighted by molar-refractivity contribution is 6.30. The number of halogens is 1. The molecule has 0 aliphatic carbocycles. The van der Waals surface area contributed by atoms with Gasteiger partial charge in [-0.1, -0.05) is 25.4 Å². The molecule has 2 atom stereocenters. The highest BCUT2D eigenvalue weighted by Gasteiger charge is 2.28. The molecule has 0 amide bonds. The molecule has 19 heavy (non-hydrogen) atoms. The van der Waals surface area contributed by atoms with Gasteiger partial charge < -0.3 is 9.64 Å². The molecule has 4 nitrogen and oxygen atoms in total. The molecule has 0 spiro atoms. The van der Waals surface area contributed by atoms with E-state index in [0.29, 0.717) is 11.2 Å². The van der Waals surface area contributed by atoms with Gasteiger partial charge in [-0.25, -0.2) is 9.97 Å². The number of aromatic nitrogens is 2. The first-order chi connectivity index (χ1) is 9.06. The molecule has 2 heterocycles. The Kier molecular flexibility index (Phi) is 4.63. The van der Waals surface area contributed by atoms with E-state index in [-0.39, 0.29) is 6.10 Å². The fraction of sp³-hybridized carbons (Fsp3) is 0.714. The second-order valence-corrected chi connectivity index (χ2v) is 5.45. The van der Waals surface area contributed by atoms with Gasteiger partial charge in [0.15, 0.2) is 0 Å². The lowest BCUT2D eigenvalue weighted by Gasteiger charge is -2.39. The average molecular weight is 284 g/mol. The number of ether oxygens (including phenoxy) is 1. The number of rotatable bonds is 3. The van der Waals surface area contributed by atoms with Gasteiger partial charge in [0, 0.05) is 18.5 Å². The van der Waals surface area contributed by atoms with Crippen molar-refractivity contribution in [1.82, 2.24) is 9.97 Å². The Morgan fingerprint density at radius 3 is 2.74 bits per heavy atom. The number of anilines is 1. The first-order valence-corrected chi connectivity index (χ1v) is 7.35. The highest BCUT2D eigenvalue weighted by atomic mass is 35.5. The largest absolute Gasteiger partial charge is 0.375 e. The van der Waals surface area contributed by atoms with Crippen molar-refractivity contribution in [3.05, 3.63) is 16.5 Å². The summed E-state index contributed by atoms with van der Waals surface area (Å²) < 4.78 is 5.74. The Labute approximate surface area is 120 Å². The number of aryl methyl sites for hydroxylation is 1. The molecule has 1 aromatic heterocycles. The number of hydrogen-bond donors (Lipinski definition) is 0. The molecule has 2 unspecified atom stereocenters. The van der Waals surface area contributed by atoms with Crippen molar-refractivity contribution in [1.29, 1.82) is 0 Å². The van der Waals surface area contributed by atoms with Crippen LogP contribution < -0.4 is 4.90 Å². The minimum Gasteiger partial charge on any atom is -0.375 e. The number of nitrogens with zero attached hydrogens (tertiary/aromatic N) is 3. The summed E-state index contributed by atoms with van der Waals surface area (Å²) in [6.07, 6.45) is 2.06. The van der Waals surface area contributed by atoms with E-state index in [1.165, 1.54) is 0 Å². The Morgan fingerprint density at radius 1 is 1.37 bits per heavy atom. The van der Waals surface area contributed by atoms with Gasteiger partial charge in [-0.2, -0.15) is 0 Å². The first-order valence-electron chi connectivity index (χ1n) is 6.98. The van der Waals surface area contributed by atoms with Crippen molar-refractivity contribution >= 4 is 17.4 Å². The minimum atomic E-state index is 0.223. The van der Waals surface area contributed by atoms with Crippen LogP contribution in [0.4, 0.5) is 5.82 Å². The molecule has 1 aliphatic heterocycles. The quantitative estimate of drug-likeness (QED) is 0.800. The molecule has 5 heteroatoms. The lowest BCUT2D eigenvalue weighted by atomic mass is 10.1. The van der Waals surface area contributed by atoms with Gasteiger partial charge in [0.1, 0.15) is 16.8 Å². The number of hydrogen-bond acceptors (Lipinski definition) is 4. The topological polar surface area (TPSA) is 38.2 Å². The number of morpholine rings is 1. The van der Waals surface area contributed by atoms with E-state index in [2.05, 4.69) is 28.7 Å². The maximum absolute atomic E-state index is 6.24. The predicted molar refractivity (Wildman–Crippen MR) is 78.0 cm³/mol. The third kappa shape index (κ3) is 3.00. The predicted octanol–water partition coefficient (Wildman–Crippen LogP) is 3.00. The van der Waals surface area contributed by atoms with Crippen LogP contribution in [0.25, 0.3) is 0 Å². The molecule has 1 aromatic rings. The average Bonchev–Trinajstić information content (AvgIpc) is 2.41. The van der Waals surface area contributed by atoms with Gasteiger partial charge in [-0.3, -0.25) is 0 Å². The van der Waals surface area contributed by atoms with Crippen LogP contribution in [0.3, 0.4) is 0 Å². The van der Waals surface area contributed by atoms with E-state index in [4.69, 9.17) is 16.3 Å². The second-order valence-electron chi connectivity index (χ2n) is 5.09. The van der Waals surface area contributed by atoms with E-state index in [0.717, 1.165) is 43.2 Å². The molecular weight excluding hydrogens is 262 g/mol. The maximum atomic E-state index is 6.24.